The molecule has 0 saturated carbocycles. The quantitative estimate of drug-likeness (QED) is 0.790. The second-order valence-corrected chi connectivity index (χ2v) is 4.16. The third-order valence-corrected chi connectivity index (χ3v) is 3.09. The van der Waals surface area contributed by atoms with Crippen molar-refractivity contribution in [2.45, 2.75) is 6.92 Å². The van der Waals surface area contributed by atoms with Crippen molar-refractivity contribution in [2.24, 2.45) is 0 Å². The highest BCUT2D eigenvalue weighted by Crippen LogP contribution is 2.25. The van der Waals surface area contributed by atoms with Crippen LogP contribution in [0.15, 0.2) is 18.5 Å². The summed E-state index contributed by atoms with van der Waals surface area (Å²) in [5.41, 5.74) is 4.71. The van der Waals surface area contributed by atoms with E-state index in [-0.39, 0.29) is 0 Å². The molecule has 84 valence electrons. The number of benzene rings is 1. The van der Waals surface area contributed by atoms with Crippen LogP contribution in [0.4, 0.5) is 5.69 Å². The number of nitrogens with one attached hydrogen (secondary N) is 1. The minimum atomic E-state index is 0.818. The van der Waals surface area contributed by atoms with E-state index in [2.05, 4.69) is 33.9 Å². The number of nitrogens with zero attached hydrogens (tertiary/aromatic N) is 2. The summed E-state index contributed by atoms with van der Waals surface area (Å²) in [6.07, 6.45) is 1.74. The molecular formula is C12H15N3O. The van der Waals surface area contributed by atoms with Crippen LogP contribution in [-0.4, -0.2) is 36.3 Å². The van der Waals surface area contributed by atoms with Crippen molar-refractivity contribution < 1.29 is 4.74 Å². The van der Waals surface area contributed by atoms with E-state index in [1.807, 2.05) is 0 Å². The minimum absolute atomic E-state index is 0.818. The Morgan fingerprint density at radius 3 is 2.94 bits per heavy atom. The molecule has 4 nitrogen and oxygen atoms in total. The van der Waals surface area contributed by atoms with Crippen LogP contribution in [0.3, 0.4) is 0 Å². The fourth-order valence-electron chi connectivity index (χ4n) is 2.22. The number of aromatic amines is 1. The summed E-state index contributed by atoms with van der Waals surface area (Å²) in [5, 5.41) is 0. The molecular weight excluding hydrogens is 202 g/mol. The van der Waals surface area contributed by atoms with Crippen LogP contribution >= 0.6 is 0 Å². The van der Waals surface area contributed by atoms with Gasteiger partial charge in [0.1, 0.15) is 0 Å². The molecule has 2 heterocycles. The van der Waals surface area contributed by atoms with Gasteiger partial charge < -0.3 is 14.6 Å². The number of hydrogen-bond acceptors (Lipinski definition) is 3. The Kier molecular flexibility index (Phi) is 2.29. The maximum absolute atomic E-state index is 5.37. The topological polar surface area (TPSA) is 41.2 Å². The highest BCUT2D eigenvalue weighted by molar-refractivity contribution is 5.81. The lowest BCUT2D eigenvalue weighted by Gasteiger charge is -2.30. The predicted octanol–water partition coefficient (Wildman–Crippen LogP) is 1.71. The number of ether oxygens (including phenoxy) is 1. The van der Waals surface area contributed by atoms with Crippen molar-refractivity contribution in [3.05, 3.63) is 24.0 Å². The van der Waals surface area contributed by atoms with Crippen LogP contribution in [0.1, 0.15) is 5.56 Å². The molecule has 0 radical (unpaired) electrons. The fraction of sp³-hybridized carbons (Fsp3) is 0.417. The predicted molar refractivity (Wildman–Crippen MR) is 63.9 cm³/mol. The molecule has 4 heteroatoms. The number of aryl methyl sites for hydroxylation is 1. The lowest BCUT2D eigenvalue weighted by Crippen LogP contribution is -2.36. The van der Waals surface area contributed by atoms with Crippen molar-refractivity contribution in [1.29, 1.82) is 0 Å². The average Bonchev–Trinajstić information content (AvgIpc) is 2.76. The Balaban J connectivity index is 2.03. The van der Waals surface area contributed by atoms with Crippen molar-refractivity contribution in [3.8, 4) is 0 Å². The first-order valence-electron chi connectivity index (χ1n) is 5.61. The smallest absolute Gasteiger partial charge is 0.0931 e. The van der Waals surface area contributed by atoms with E-state index < -0.39 is 0 Å². The molecule has 16 heavy (non-hydrogen) atoms. The first-order valence-corrected chi connectivity index (χ1v) is 5.61. The zero-order valence-corrected chi connectivity index (χ0v) is 9.36. The second-order valence-electron chi connectivity index (χ2n) is 4.16. The first kappa shape index (κ1) is 9.66. The van der Waals surface area contributed by atoms with E-state index in [0.717, 1.165) is 37.3 Å². The monoisotopic (exact) mass is 217 g/mol. The Bertz CT molecular complexity index is 500. The van der Waals surface area contributed by atoms with Gasteiger partial charge >= 0.3 is 0 Å². The number of anilines is 1. The molecule has 2 aromatic rings. The average molecular weight is 217 g/mol. The van der Waals surface area contributed by atoms with E-state index in [0.29, 0.717) is 0 Å². The van der Waals surface area contributed by atoms with E-state index in [1.165, 1.54) is 11.3 Å². The zero-order chi connectivity index (χ0) is 11.0. The van der Waals surface area contributed by atoms with Gasteiger partial charge in [0, 0.05) is 18.8 Å². The van der Waals surface area contributed by atoms with Gasteiger partial charge in [-0.1, -0.05) is 0 Å². The molecule has 0 amide bonds. The summed E-state index contributed by atoms with van der Waals surface area (Å²) < 4.78 is 5.37. The minimum Gasteiger partial charge on any atom is -0.378 e. The molecule has 1 aliphatic rings. The van der Waals surface area contributed by atoms with Gasteiger partial charge in [-0.3, -0.25) is 0 Å². The fourth-order valence-corrected chi connectivity index (χ4v) is 2.22. The van der Waals surface area contributed by atoms with Gasteiger partial charge in [0.05, 0.1) is 30.6 Å². The van der Waals surface area contributed by atoms with E-state index in [1.54, 1.807) is 6.33 Å². The van der Waals surface area contributed by atoms with Crippen LogP contribution in [0.25, 0.3) is 11.0 Å². The Morgan fingerprint density at radius 2 is 2.12 bits per heavy atom. The van der Waals surface area contributed by atoms with E-state index in [4.69, 9.17) is 4.74 Å². The molecule has 0 bridgehead atoms. The molecule has 1 aromatic heterocycles. The molecule has 0 unspecified atom stereocenters. The largest absolute Gasteiger partial charge is 0.378 e. The SMILES string of the molecule is Cc1cc2[nH]cnc2cc1N1CCOCC1. The summed E-state index contributed by atoms with van der Waals surface area (Å²) in [6.45, 7) is 5.72. The van der Waals surface area contributed by atoms with Gasteiger partial charge in [0.2, 0.25) is 0 Å². The molecule has 0 atom stereocenters. The summed E-state index contributed by atoms with van der Waals surface area (Å²) in [6, 6.07) is 4.32. The van der Waals surface area contributed by atoms with Crippen molar-refractivity contribution in [1.82, 2.24) is 9.97 Å². The number of hydrogen-bond donors (Lipinski definition) is 1. The number of fused-ring (bicyclic) bond motifs is 1. The highest BCUT2D eigenvalue weighted by Gasteiger charge is 2.14. The van der Waals surface area contributed by atoms with E-state index >= 15 is 0 Å². The normalized spacial score (nSPS) is 16.9. The molecule has 1 aliphatic heterocycles. The van der Waals surface area contributed by atoms with Crippen molar-refractivity contribution in [3.63, 3.8) is 0 Å². The zero-order valence-electron chi connectivity index (χ0n) is 9.36. The molecule has 3 rings (SSSR count). The summed E-state index contributed by atoms with van der Waals surface area (Å²) in [4.78, 5) is 9.81. The molecule has 1 saturated heterocycles. The summed E-state index contributed by atoms with van der Waals surface area (Å²) in [5.74, 6) is 0. The third-order valence-electron chi connectivity index (χ3n) is 3.09. The van der Waals surface area contributed by atoms with Crippen molar-refractivity contribution in [2.75, 3.05) is 31.2 Å². The summed E-state index contributed by atoms with van der Waals surface area (Å²) in [7, 11) is 0. The number of H-pyrrole nitrogens is 1. The van der Waals surface area contributed by atoms with Gasteiger partial charge in [-0.25, -0.2) is 4.98 Å². The number of imidazole rings is 1. The second kappa shape index (κ2) is 3.79. The summed E-state index contributed by atoms with van der Waals surface area (Å²) >= 11 is 0. The molecule has 1 N–H and O–H groups in total. The number of morpholine rings is 1. The van der Waals surface area contributed by atoms with Crippen LogP contribution < -0.4 is 4.90 Å². The van der Waals surface area contributed by atoms with Crippen LogP contribution in [0, 0.1) is 6.92 Å². The first-order chi connectivity index (χ1) is 7.84. The lowest BCUT2D eigenvalue weighted by molar-refractivity contribution is 0.122. The standard InChI is InChI=1S/C12H15N3O/c1-9-6-10-11(14-8-13-10)7-12(9)15-2-4-16-5-3-15/h6-8H,2-5H2,1H3,(H,13,14). The molecule has 0 aliphatic carbocycles. The van der Waals surface area contributed by atoms with Crippen LogP contribution in [0.2, 0.25) is 0 Å². The Labute approximate surface area is 94.2 Å². The lowest BCUT2D eigenvalue weighted by atomic mass is 10.1. The van der Waals surface area contributed by atoms with Gasteiger partial charge in [0.15, 0.2) is 0 Å². The number of aromatic nitrogens is 2. The Morgan fingerprint density at radius 1 is 1.31 bits per heavy atom. The Hall–Kier alpha value is -1.55. The van der Waals surface area contributed by atoms with Crippen LogP contribution in [0.5, 0.6) is 0 Å². The van der Waals surface area contributed by atoms with Crippen molar-refractivity contribution >= 4 is 16.7 Å². The molecule has 0 spiro atoms. The maximum Gasteiger partial charge on any atom is 0.0931 e. The van der Waals surface area contributed by atoms with Crippen LogP contribution in [-0.2, 0) is 4.74 Å². The molecule has 1 fully saturated rings. The van der Waals surface area contributed by atoms with Gasteiger partial charge in [-0.15, -0.1) is 0 Å². The van der Waals surface area contributed by atoms with Gasteiger partial charge in [0.25, 0.3) is 0 Å². The highest BCUT2D eigenvalue weighted by atomic mass is 16.5. The maximum atomic E-state index is 5.37. The van der Waals surface area contributed by atoms with E-state index in [9.17, 15) is 0 Å². The van der Waals surface area contributed by atoms with Gasteiger partial charge in [-0.2, -0.15) is 0 Å². The third kappa shape index (κ3) is 1.55. The number of rotatable bonds is 1. The van der Waals surface area contributed by atoms with Gasteiger partial charge in [-0.05, 0) is 24.6 Å². The molecule has 1 aromatic carbocycles.